The van der Waals surface area contributed by atoms with Crippen LogP contribution >= 0.6 is 24.0 Å². The first kappa shape index (κ1) is 21.3. The minimum Gasteiger partial charge on any atom is -0.358 e. The van der Waals surface area contributed by atoms with Crippen molar-refractivity contribution in [1.82, 2.24) is 25.3 Å². The molecule has 0 saturated carbocycles. The Morgan fingerprint density at radius 3 is 2.33 bits per heavy atom. The molecule has 3 heterocycles. The zero-order chi connectivity index (χ0) is 22.5. The second-order valence-corrected chi connectivity index (χ2v) is 8.84. The van der Waals surface area contributed by atoms with Gasteiger partial charge >= 0.3 is 0 Å². The molecule has 5 rings (SSSR count). The van der Waals surface area contributed by atoms with Gasteiger partial charge in [-0.15, -0.1) is 0 Å². The van der Waals surface area contributed by atoms with Gasteiger partial charge in [-0.05, 0) is 46.7 Å². The van der Waals surface area contributed by atoms with Gasteiger partial charge < -0.3 is 15.5 Å². The lowest BCUT2D eigenvalue weighted by Crippen LogP contribution is -2.29. The smallest absolute Gasteiger partial charge is 0.232 e. The molecular weight excluding hydrogens is 450 g/mol. The first-order valence-corrected chi connectivity index (χ1v) is 11.7. The fourth-order valence-corrected chi connectivity index (χ4v) is 4.41. The van der Waals surface area contributed by atoms with Crippen molar-refractivity contribution in [2.45, 2.75) is 29.8 Å². The van der Waals surface area contributed by atoms with Crippen molar-refractivity contribution in [3.8, 4) is 0 Å². The Labute approximate surface area is 201 Å². The van der Waals surface area contributed by atoms with Crippen LogP contribution in [0.25, 0.3) is 0 Å². The van der Waals surface area contributed by atoms with Crippen LogP contribution in [0.5, 0.6) is 0 Å². The van der Waals surface area contributed by atoms with Crippen molar-refractivity contribution in [3.05, 3.63) is 95.8 Å². The van der Waals surface area contributed by atoms with Crippen LogP contribution in [0.2, 0.25) is 0 Å². The number of hydrogen-bond donors (Lipinski definition) is 2. The molecule has 2 N–H and O–H groups in total. The van der Waals surface area contributed by atoms with Crippen molar-refractivity contribution in [2.24, 2.45) is 0 Å². The third-order valence-electron chi connectivity index (χ3n) is 5.11. The molecule has 0 spiro atoms. The molecule has 1 aliphatic rings. The number of nitrogens with zero attached hydrogens (tertiary/aromatic N) is 5. The molecule has 0 unspecified atom stereocenters. The summed E-state index contributed by atoms with van der Waals surface area (Å²) >= 11 is 6.89. The number of aromatic nitrogens is 4. The van der Waals surface area contributed by atoms with Gasteiger partial charge in [-0.25, -0.2) is 15.0 Å². The summed E-state index contributed by atoms with van der Waals surface area (Å²) in [7, 11) is 0. The lowest BCUT2D eigenvalue weighted by molar-refractivity contribution is 0.842. The molecule has 33 heavy (non-hydrogen) atoms. The SMILES string of the molecule is S=C(NCc1ccccc1)Nc1nc(Sc2ncccn2)cc(N2Cc3ccccc3C2)n1. The van der Waals surface area contributed by atoms with Crippen LogP contribution < -0.4 is 15.5 Å². The lowest BCUT2D eigenvalue weighted by Gasteiger charge is -2.18. The zero-order valence-electron chi connectivity index (χ0n) is 17.7. The Kier molecular flexibility index (Phi) is 6.41. The average Bonchev–Trinajstić information content (AvgIpc) is 3.29. The second-order valence-electron chi connectivity index (χ2n) is 7.44. The van der Waals surface area contributed by atoms with Gasteiger partial charge in [-0.2, -0.15) is 4.98 Å². The molecule has 0 saturated heterocycles. The van der Waals surface area contributed by atoms with E-state index >= 15 is 0 Å². The number of nitrogens with one attached hydrogen (secondary N) is 2. The van der Waals surface area contributed by atoms with E-state index in [-0.39, 0.29) is 0 Å². The Morgan fingerprint density at radius 1 is 0.909 bits per heavy atom. The molecule has 4 aromatic rings. The molecule has 2 aromatic heterocycles. The fraction of sp³-hybridized carbons (Fsp3) is 0.125. The first-order chi connectivity index (χ1) is 16.2. The Bertz CT molecular complexity index is 1230. The van der Waals surface area contributed by atoms with Crippen LogP contribution in [0.15, 0.2) is 89.3 Å². The van der Waals surface area contributed by atoms with Crippen molar-refractivity contribution in [2.75, 3.05) is 10.2 Å². The highest BCUT2D eigenvalue weighted by Gasteiger charge is 2.21. The largest absolute Gasteiger partial charge is 0.358 e. The van der Waals surface area contributed by atoms with Crippen LogP contribution in [0.4, 0.5) is 11.8 Å². The van der Waals surface area contributed by atoms with E-state index in [1.807, 2.05) is 36.4 Å². The van der Waals surface area contributed by atoms with Gasteiger partial charge in [-0.1, -0.05) is 54.6 Å². The molecule has 2 aromatic carbocycles. The summed E-state index contributed by atoms with van der Waals surface area (Å²) in [6, 6.07) is 22.3. The number of fused-ring (bicyclic) bond motifs is 1. The van der Waals surface area contributed by atoms with Crippen molar-refractivity contribution >= 4 is 40.9 Å². The van der Waals surface area contributed by atoms with Crippen LogP contribution in [0.1, 0.15) is 16.7 Å². The minimum absolute atomic E-state index is 0.437. The summed E-state index contributed by atoms with van der Waals surface area (Å²) < 4.78 is 0. The van der Waals surface area contributed by atoms with Crippen molar-refractivity contribution < 1.29 is 0 Å². The summed E-state index contributed by atoms with van der Waals surface area (Å²) in [6.07, 6.45) is 3.44. The Balaban J connectivity index is 1.36. The third-order valence-corrected chi connectivity index (χ3v) is 6.17. The van der Waals surface area contributed by atoms with E-state index in [1.54, 1.807) is 18.5 Å². The minimum atomic E-state index is 0.437. The highest BCUT2D eigenvalue weighted by Crippen LogP contribution is 2.31. The van der Waals surface area contributed by atoms with Crippen LogP contribution in [0, 0.1) is 0 Å². The number of benzene rings is 2. The molecule has 164 valence electrons. The fourth-order valence-electron chi connectivity index (χ4n) is 3.53. The molecule has 9 heteroatoms. The molecule has 0 fully saturated rings. The first-order valence-electron chi connectivity index (χ1n) is 10.5. The maximum absolute atomic E-state index is 5.50. The van der Waals surface area contributed by atoms with E-state index < -0.39 is 0 Å². The van der Waals surface area contributed by atoms with E-state index in [2.05, 4.69) is 54.8 Å². The van der Waals surface area contributed by atoms with Gasteiger partial charge in [0.1, 0.15) is 10.8 Å². The summed E-state index contributed by atoms with van der Waals surface area (Å²) in [4.78, 5) is 20.3. The van der Waals surface area contributed by atoms with E-state index in [4.69, 9.17) is 17.2 Å². The van der Waals surface area contributed by atoms with E-state index in [1.165, 1.54) is 22.9 Å². The predicted octanol–water partition coefficient (Wildman–Crippen LogP) is 4.42. The van der Waals surface area contributed by atoms with Gasteiger partial charge in [0.15, 0.2) is 10.3 Å². The van der Waals surface area contributed by atoms with Crippen molar-refractivity contribution in [1.29, 1.82) is 0 Å². The van der Waals surface area contributed by atoms with Crippen LogP contribution in [0.3, 0.4) is 0 Å². The maximum atomic E-state index is 5.50. The van der Waals surface area contributed by atoms with Gasteiger partial charge in [0.2, 0.25) is 5.95 Å². The Morgan fingerprint density at radius 2 is 1.61 bits per heavy atom. The second kappa shape index (κ2) is 9.93. The molecule has 0 atom stereocenters. The maximum Gasteiger partial charge on any atom is 0.232 e. The van der Waals surface area contributed by atoms with Crippen LogP contribution in [-0.4, -0.2) is 25.0 Å². The van der Waals surface area contributed by atoms with E-state index in [0.717, 1.165) is 29.5 Å². The normalized spacial score (nSPS) is 12.3. The topological polar surface area (TPSA) is 78.9 Å². The zero-order valence-corrected chi connectivity index (χ0v) is 19.3. The molecule has 7 nitrogen and oxygen atoms in total. The summed E-state index contributed by atoms with van der Waals surface area (Å²) in [6.45, 7) is 2.22. The summed E-state index contributed by atoms with van der Waals surface area (Å²) in [5, 5.41) is 8.19. The van der Waals surface area contributed by atoms with Gasteiger partial charge in [-0.3, -0.25) is 0 Å². The molecule has 0 bridgehead atoms. The number of anilines is 2. The highest BCUT2D eigenvalue weighted by molar-refractivity contribution is 7.99. The van der Waals surface area contributed by atoms with E-state index in [0.29, 0.717) is 22.8 Å². The number of thiocarbonyl (C=S) groups is 1. The van der Waals surface area contributed by atoms with Gasteiger partial charge in [0.05, 0.1) is 0 Å². The van der Waals surface area contributed by atoms with Gasteiger partial charge in [0, 0.05) is 38.1 Å². The van der Waals surface area contributed by atoms with E-state index in [9.17, 15) is 0 Å². The average molecular weight is 472 g/mol. The summed E-state index contributed by atoms with van der Waals surface area (Å²) in [5.41, 5.74) is 3.76. The van der Waals surface area contributed by atoms with Gasteiger partial charge in [0.25, 0.3) is 0 Å². The lowest BCUT2D eigenvalue weighted by atomic mass is 10.1. The molecule has 0 amide bonds. The third kappa shape index (κ3) is 5.44. The molecule has 0 radical (unpaired) electrons. The Hall–Kier alpha value is -3.56. The molecular formula is C24H21N7S2. The quantitative estimate of drug-likeness (QED) is 0.241. The van der Waals surface area contributed by atoms with Crippen molar-refractivity contribution in [3.63, 3.8) is 0 Å². The van der Waals surface area contributed by atoms with Crippen LogP contribution in [-0.2, 0) is 19.6 Å². The number of rotatable bonds is 6. The molecule has 0 aliphatic carbocycles. The monoisotopic (exact) mass is 471 g/mol. The predicted molar refractivity (Wildman–Crippen MR) is 134 cm³/mol. The number of hydrogen-bond acceptors (Lipinski definition) is 7. The summed E-state index contributed by atoms with van der Waals surface area (Å²) in [5.74, 6) is 1.26. The highest BCUT2D eigenvalue weighted by atomic mass is 32.2. The molecule has 1 aliphatic heterocycles. The standard InChI is InChI=1S/C24H21N7S2/c32-23(27-14-17-7-2-1-3-8-17)30-22-28-20(31-15-18-9-4-5-10-19(18)16-31)13-21(29-22)33-24-25-11-6-12-26-24/h1-13H,14-16H2,(H2,27,28,29,30,32).